The van der Waals surface area contributed by atoms with Crippen molar-refractivity contribution in [1.82, 2.24) is 4.98 Å². The maximum atomic E-state index is 11.9. The van der Waals surface area contributed by atoms with Gasteiger partial charge < -0.3 is 9.72 Å². The number of carbonyl (C=O) groups excluding carboxylic acids is 1. The van der Waals surface area contributed by atoms with Gasteiger partial charge in [-0.2, -0.15) is 0 Å². The third-order valence-electron chi connectivity index (χ3n) is 2.79. The minimum absolute atomic E-state index is 0.280. The third-order valence-corrected chi connectivity index (χ3v) is 2.79. The Morgan fingerprint density at radius 1 is 1.22 bits per heavy atom. The summed E-state index contributed by atoms with van der Waals surface area (Å²) in [6, 6.07) is 9.89. The van der Waals surface area contributed by atoms with Crippen LogP contribution >= 0.6 is 0 Å². The van der Waals surface area contributed by atoms with Gasteiger partial charge in [0.1, 0.15) is 0 Å². The molecule has 0 radical (unpaired) electrons. The molecule has 3 nitrogen and oxygen atoms in total. The molecule has 0 unspecified atom stereocenters. The van der Waals surface area contributed by atoms with Gasteiger partial charge in [0.05, 0.1) is 17.9 Å². The molecule has 1 aromatic heterocycles. The summed E-state index contributed by atoms with van der Waals surface area (Å²) in [5.74, 6) is -0.280. The molecule has 0 fully saturated rings. The molecular formula is C15H17NO2. The largest absolute Gasteiger partial charge is 0.462 e. The summed E-state index contributed by atoms with van der Waals surface area (Å²) >= 11 is 0. The Balaban J connectivity index is 2.44. The number of esters is 1. The van der Waals surface area contributed by atoms with Crippen molar-refractivity contribution in [2.75, 3.05) is 6.61 Å². The predicted octanol–water partition coefficient (Wildman–Crippen LogP) is 3.48. The summed E-state index contributed by atoms with van der Waals surface area (Å²) in [4.78, 5) is 15.1. The van der Waals surface area contributed by atoms with Crippen LogP contribution in [0.4, 0.5) is 0 Å². The first-order chi connectivity index (χ1) is 8.61. The molecule has 94 valence electrons. The first kappa shape index (κ1) is 12.4. The van der Waals surface area contributed by atoms with Gasteiger partial charge in [0.2, 0.25) is 0 Å². The Bertz CT molecular complexity index is 552. The first-order valence-electron chi connectivity index (χ1n) is 6.05. The van der Waals surface area contributed by atoms with E-state index >= 15 is 0 Å². The molecule has 1 heterocycles. The molecule has 0 saturated carbocycles. The quantitative estimate of drug-likeness (QED) is 0.839. The summed E-state index contributed by atoms with van der Waals surface area (Å²) in [6.45, 7) is 6.16. The van der Waals surface area contributed by atoms with Crippen LogP contribution in [0.3, 0.4) is 0 Å². The van der Waals surface area contributed by atoms with Crippen molar-refractivity contribution < 1.29 is 9.53 Å². The normalized spacial score (nSPS) is 10.4. The summed E-state index contributed by atoms with van der Waals surface area (Å²) < 4.78 is 5.07. The van der Waals surface area contributed by atoms with Crippen LogP contribution in [0.15, 0.2) is 30.3 Å². The highest BCUT2D eigenvalue weighted by Crippen LogP contribution is 2.24. The molecule has 0 aliphatic heterocycles. The monoisotopic (exact) mass is 243 g/mol. The van der Waals surface area contributed by atoms with E-state index in [-0.39, 0.29) is 5.97 Å². The number of aromatic amines is 1. The van der Waals surface area contributed by atoms with E-state index in [0.717, 1.165) is 17.0 Å². The van der Waals surface area contributed by atoms with Crippen molar-refractivity contribution in [3.8, 4) is 11.3 Å². The Hall–Kier alpha value is -2.03. The third kappa shape index (κ3) is 2.45. The Morgan fingerprint density at radius 3 is 2.50 bits per heavy atom. The molecule has 2 aromatic rings. The van der Waals surface area contributed by atoms with Crippen LogP contribution in [0.2, 0.25) is 0 Å². The minimum Gasteiger partial charge on any atom is -0.462 e. The van der Waals surface area contributed by atoms with E-state index in [0.29, 0.717) is 12.2 Å². The van der Waals surface area contributed by atoms with E-state index in [4.69, 9.17) is 4.74 Å². The summed E-state index contributed by atoms with van der Waals surface area (Å²) in [5.41, 5.74) is 4.56. The Labute approximate surface area is 107 Å². The van der Waals surface area contributed by atoms with Crippen LogP contribution in [0.5, 0.6) is 0 Å². The number of carbonyl (C=O) groups is 1. The maximum absolute atomic E-state index is 11.9. The molecule has 0 spiro atoms. The van der Waals surface area contributed by atoms with Gasteiger partial charge in [-0.1, -0.05) is 29.8 Å². The zero-order chi connectivity index (χ0) is 13.1. The predicted molar refractivity (Wildman–Crippen MR) is 71.7 cm³/mol. The lowest BCUT2D eigenvalue weighted by atomic mass is 10.1. The zero-order valence-electron chi connectivity index (χ0n) is 10.9. The lowest BCUT2D eigenvalue weighted by Gasteiger charge is -2.04. The van der Waals surface area contributed by atoms with Crippen molar-refractivity contribution in [2.45, 2.75) is 20.8 Å². The fourth-order valence-electron chi connectivity index (χ4n) is 1.91. The molecule has 3 heteroatoms. The highest BCUT2D eigenvalue weighted by molar-refractivity contribution is 5.96. The number of H-pyrrole nitrogens is 1. The van der Waals surface area contributed by atoms with Crippen molar-refractivity contribution in [3.63, 3.8) is 0 Å². The van der Waals surface area contributed by atoms with Gasteiger partial charge in [0.15, 0.2) is 0 Å². The average molecular weight is 243 g/mol. The molecule has 0 saturated heterocycles. The standard InChI is InChI=1S/C15H17NO2/c1-4-18-15(17)13-9-11(3)16-14(13)12-7-5-10(2)6-8-12/h5-9,16H,4H2,1-3H3. The number of aryl methyl sites for hydroxylation is 2. The lowest BCUT2D eigenvalue weighted by molar-refractivity contribution is 0.0527. The van der Waals surface area contributed by atoms with Crippen LogP contribution in [0, 0.1) is 13.8 Å². The molecular weight excluding hydrogens is 226 g/mol. The Morgan fingerprint density at radius 2 is 1.89 bits per heavy atom. The number of benzene rings is 1. The van der Waals surface area contributed by atoms with E-state index in [1.807, 2.05) is 51.1 Å². The van der Waals surface area contributed by atoms with Gasteiger partial charge in [0.25, 0.3) is 0 Å². The van der Waals surface area contributed by atoms with E-state index in [9.17, 15) is 4.79 Å². The second-order valence-corrected chi connectivity index (χ2v) is 4.33. The highest BCUT2D eigenvalue weighted by Gasteiger charge is 2.16. The van der Waals surface area contributed by atoms with Crippen molar-refractivity contribution in [2.24, 2.45) is 0 Å². The number of rotatable bonds is 3. The van der Waals surface area contributed by atoms with Crippen LogP contribution in [-0.4, -0.2) is 17.6 Å². The van der Waals surface area contributed by atoms with E-state index in [1.54, 1.807) is 0 Å². The van der Waals surface area contributed by atoms with Gasteiger partial charge in [-0.25, -0.2) is 4.79 Å². The molecule has 0 aliphatic carbocycles. The van der Waals surface area contributed by atoms with E-state index in [1.165, 1.54) is 5.56 Å². The first-order valence-corrected chi connectivity index (χ1v) is 6.05. The SMILES string of the molecule is CCOC(=O)c1cc(C)[nH]c1-c1ccc(C)cc1. The number of nitrogens with one attached hydrogen (secondary N) is 1. The number of hydrogen-bond donors (Lipinski definition) is 1. The topological polar surface area (TPSA) is 42.1 Å². The minimum atomic E-state index is -0.280. The van der Waals surface area contributed by atoms with Gasteiger partial charge >= 0.3 is 5.97 Å². The second-order valence-electron chi connectivity index (χ2n) is 4.33. The smallest absolute Gasteiger partial charge is 0.340 e. The van der Waals surface area contributed by atoms with Crippen molar-refractivity contribution in [3.05, 3.63) is 47.2 Å². The molecule has 1 aromatic carbocycles. The van der Waals surface area contributed by atoms with Crippen molar-refractivity contribution in [1.29, 1.82) is 0 Å². The van der Waals surface area contributed by atoms with Crippen LogP contribution in [0.1, 0.15) is 28.5 Å². The van der Waals surface area contributed by atoms with Crippen LogP contribution < -0.4 is 0 Å². The van der Waals surface area contributed by atoms with E-state index in [2.05, 4.69) is 4.98 Å². The lowest BCUT2D eigenvalue weighted by Crippen LogP contribution is -2.04. The summed E-state index contributed by atoms with van der Waals surface area (Å²) in [7, 11) is 0. The summed E-state index contributed by atoms with van der Waals surface area (Å²) in [5, 5.41) is 0. The fourth-order valence-corrected chi connectivity index (χ4v) is 1.91. The van der Waals surface area contributed by atoms with E-state index < -0.39 is 0 Å². The molecule has 0 bridgehead atoms. The van der Waals surface area contributed by atoms with Crippen molar-refractivity contribution >= 4 is 5.97 Å². The average Bonchev–Trinajstić information content (AvgIpc) is 2.73. The summed E-state index contributed by atoms with van der Waals surface area (Å²) in [6.07, 6.45) is 0. The molecule has 0 atom stereocenters. The number of ether oxygens (including phenoxy) is 1. The van der Waals surface area contributed by atoms with Crippen LogP contribution in [-0.2, 0) is 4.74 Å². The number of aromatic nitrogens is 1. The van der Waals surface area contributed by atoms with Gasteiger partial charge in [0, 0.05) is 5.69 Å². The van der Waals surface area contributed by atoms with Gasteiger partial charge in [-0.15, -0.1) is 0 Å². The second kappa shape index (κ2) is 5.08. The maximum Gasteiger partial charge on any atom is 0.340 e. The number of hydrogen-bond acceptors (Lipinski definition) is 2. The molecule has 18 heavy (non-hydrogen) atoms. The van der Waals surface area contributed by atoms with Gasteiger partial charge in [-0.3, -0.25) is 0 Å². The van der Waals surface area contributed by atoms with Gasteiger partial charge in [-0.05, 0) is 32.4 Å². The molecule has 0 aliphatic rings. The molecule has 0 amide bonds. The Kier molecular flexibility index (Phi) is 3.51. The fraction of sp³-hybridized carbons (Fsp3) is 0.267. The highest BCUT2D eigenvalue weighted by atomic mass is 16.5. The zero-order valence-corrected chi connectivity index (χ0v) is 10.9. The molecule has 2 rings (SSSR count). The molecule has 1 N–H and O–H groups in total. The van der Waals surface area contributed by atoms with Crippen LogP contribution in [0.25, 0.3) is 11.3 Å².